The number of nitriles is 1. The molecule has 3 aliphatic heterocycles. The molecule has 0 bridgehead atoms. The lowest BCUT2D eigenvalue weighted by Crippen LogP contribution is -2.48. The molecule has 0 N–H and O–H groups in total. The summed E-state index contributed by atoms with van der Waals surface area (Å²) < 4.78 is 27.2. The van der Waals surface area contributed by atoms with Crippen molar-refractivity contribution in [2.45, 2.75) is 24.3 Å². The maximum atomic E-state index is 12.8. The molecule has 1 saturated heterocycles. The van der Waals surface area contributed by atoms with Gasteiger partial charge in [0.15, 0.2) is 0 Å². The number of amidine groups is 1. The number of nitrogens with zero attached hydrogens (tertiary/aromatic N) is 6. The van der Waals surface area contributed by atoms with Gasteiger partial charge in [0.2, 0.25) is 10.0 Å². The Bertz CT molecular complexity index is 982. The van der Waals surface area contributed by atoms with Crippen molar-refractivity contribution in [2.24, 2.45) is 9.98 Å². The number of rotatable bonds is 4. The van der Waals surface area contributed by atoms with Crippen molar-refractivity contribution < 1.29 is 8.42 Å². The third-order valence-corrected chi connectivity index (χ3v) is 7.17. The van der Waals surface area contributed by atoms with Gasteiger partial charge in [-0.1, -0.05) is 6.92 Å². The van der Waals surface area contributed by atoms with Gasteiger partial charge < -0.3 is 9.80 Å². The van der Waals surface area contributed by atoms with E-state index in [0.29, 0.717) is 37.8 Å². The number of hydrogen-bond donors (Lipinski definition) is 0. The molecule has 0 spiro atoms. The monoisotopic (exact) mass is 398 g/mol. The molecule has 146 valence electrons. The molecule has 3 aliphatic rings. The van der Waals surface area contributed by atoms with Crippen LogP contribution in [0.2, 0.25) is 0 Å². The van der Waals surface area contributed by atoms with E-state index in [9.17, 15) is 8.42 Å². The molecule has 0 saturated carbocycles. The Morgan fingerprint density at radius 2 is 1.89 bits per heavy atom. The highest BCUT2D eigenvalue weighted by molar-refractivity contribution is 7.89. The van der Waals surface area contributed by atoms with Gasteiger partial charge in [0.1, 0.15) is 11.7 Å². The number of hydrogen-bond acceptors (Lipinski definition) is 7. The van der Waals surface area contributed by atoms with E-state index >= 15 is 0 Å². The van der Waals surface area contributed by atoms with Crippen molar-refractivity contribution in [3.63, 3.8) is 0 Å². The molecule has 9 heteroatoms. The number of piperazine rings is 1. The fraction of sp³-hybridized carbons (Fsp3) is 0.421. The van der Waals surface area contributed by atoms with Crippen molar-refractivity contribution in [3.8, 4) is 6.07 Å². The fourth-order valence-corrected chi connectivity index (χ4v) is 4.95. The number of benzene rings is 1. The Hall–Kier alpha value is -2.70. The summed E-state index contributed by atoms with van der Waals surface area (Å²) in [6.45, 7) is 4.93. The van der Waals surface area contributed by atoms with Crippen LogP contribution in [0.5, 0.6) is 0 Å². The van der Waals surface area contributed by atoms with Gasteiger partial charge in [-0.2, -0.15) is 9.57 Å². The second kappa shape index (κ2) is 7.37. The molecule has 1 atom stereocenters. The van der Waals surface area contributed by atoms with Crippen molar-refractivity contribution in [3.05, 3.63) is 41.7 Å². The van der Waals surface area contributed by atoms with Crippen LogP contribution < -0.4 is 0 Å². The number of aliphatic imine (C=N–C) groups is 2. The first-order valence-electron chi connectivity index (χ1n) is 9.37. The maximum absolute atomic E-state index is 12.8. The van der Waals surface area contributed by atoms with Crippen LogP contribution in [0.3, 0.4) is 0 Å². The topological polar surface area (TPSA) is 92.4 Å². The molecule has 1 aromatic carbocycles. The van der Waals surface area contributed by atoms with Gasteiger partial charge in [0.25, 0.3) is 0 Å². The zero-order chi connectivity index (χ0) is 19.7. The molecule has 1 unspecified atom stereocenters. The molecule has 0 aliphatic carbocycles. The lowest BCUT2D eigenvalue weighted by atomic mass is 10.2. The molecular formula is C19H22N6O2S. The van der Waals surface area contributed by atoms with Crippen molar-refractivity contribution >= 4 is 22.2 Å². The average molecular weight is 398 g/mol. The van der Waals surface area contributed by atoms with E-state index in [1.807, 2.05) is 18.5 Å². The summed E-state index contributed by atoms with van der Waals surface area (Å²) in [6, 6.07) is 8.36. The molecule has 0 aromatic heterocycles. The highest BCUT2D eigenvalue weighted by Crippen LogP contribution is 2.22. The van der Waals surface area contributed by atoms with Crippen LogP contribution in [0.15, 0.2) is 51.0 Å². The average Bonchev–Trinajstić information content (AvgIpc) is 3.16. The maximum Gasteiger partial charge on any atom is 0.243 e. The van der Waals surface area contributed by atoms with Crippen LogP contribution in [0.4, 0.5) is 0 Å². The third-order valence-electron chi connectivity index (χ3n) is 5.26. The van der Waals surface area contributed by atoms with E-state index in [1.54, 1.807) is 0 Å². The normalized spacial score (nSPS) is 22.5. The van der Waals surface area contributed by atoms with Crippen molar-refractivity contribution in [2.75, 3.05) is 32.7 Å². The molecule has 8 nitrogen and oxygen atoms in total. The minimum absolute atomic E-state index is 0.219. The van der Waals surface area contributed by atoms with Crippen molar-refractivity contribution in [1.29, 1.82) is 5.26 Å². The highest BCUT2D eigenvalue weighted by Gasteiger charge is 2.31. The molecule has 28 heavy (non-hydrogen) atoms. The van der Waals surface area contributed by atoms with Crippen LogP contribution >= 0.6 is 0 Å². The van der Waals surface area contributed by atoms with Gasteiger partial charge in [-0.3, -0.25) is 4.99 Å². The summed E-state index contributed by atoms with van der Waals surface area (Å²) in [6.07, 6.45) is 4.81. The molecule has 1 aromatic rings. The minimum Gasteiger partial charge on any atom is -0.354 e. The largest absolute Gasteiger partial charge is 0.354 e. The first kappa shape index (κ1) is 18.7. The van der Waals surface area contributed by atoms with Crippen molar-refractivity contribution in [1.82, 2.24) is 14.1 Å². The van der Waals surface area contributed by atoms with Gasteiger partial charge in [0.05, 0.1) is 28.9 Å². The van der Waals surface area contributed by atoms with Crippen LogP contribution in [-0.2, 0) is 10.0 Å². The quantitative estimate of drug-likeness (QED) is 0.761. The Kier molecular flexibility index (Phi) is 4.91. The lowest BCUT2D eigenvalue weighted by Gasteiger charge is -2.36. The Balaban J connectivity index is 1.43. The molecule has 3 heterocycles. The zero-order valence-electron chi connectivity index (χ0n) is 15.7. The zero-order valence-corrected chi connectivity index (χ0v) is 16.5. The Morgan fingerprint density at radius 1 is 1.18 bits per heavy atom. The fourth-order valence-electron chi connectivity index (χ4n) is 3.53. The van der Waals surface area contributed by atoms with Gasteiger partial charge in [-0.05, 0) is 30.7 Å². The van der Waals surface area contributed by atoms with Crippen LogP contribution in [0, 0.1) is 11.3 Å². The summed E-state index contributed by atoms with van der Waals surface area (Å²) >= 11 is 0. The first-order chi connectivity index (χ1) is 13.5. The first-order valence-corrected chi connectivity index (χ1v) is 10.8. The van der Waals surface area contributed by atoms with E-state index in [2.05, 4.69) is 21.7 Å². The Labute approximate surface area is 165 Å². The molecule has 1 fully saturated rings. The van der Waals surface area contributed by atoms with Gasteiger partial charge in [-0.25, -0.2) is 13.4 Å². The molecular weight excluding hydrogens is 376 g/mol. The Morgan fingerprint density at radius 3 is 2.54 bits per heavy atom. The minimum atomic E-state index is -3.56. The van der Waals surface area contributed by atoms with Gasteiger partial charge in [0, 0.05) is 38.8 Å². The smallest absolute Gasteiger partial charge is 0.243 e. The third kappa shape index (κ3) is 3.41. The number of sulfonamides is 1. The summed E-state index contributed by atoms with van der Waals surface area (Å²) in [5.41, 5.74) is 0.444. The van der Waals surface area contributed by atoms with Gasteiger partial charge in [-0.15, -0.1) is 0 Å². The van der Waals surface area contributed by atoms with Crippen LogP contribution in [-0.4, -0.2) is 73.5 Å². The molecule has 0 radical (unpaired) electrons. The lowest BCUT2D eigenvalue weighted by molar-refractivity contribution is 0.227. The van der Waals surface area contributed by atoms with E-state index in [0.717, 1.165) is 24.6 Å². The molecule has 4 rings (SSSR count). The number of fused-ring (bicyclic) bond motifs is 1. The summed E-state index contributed by atoms with van der Waals surface area (Å²) in [7, 11) is -3.56. The van der Waals surface area contributed by atoms with E-state index < -0.39 is 10.0 Å². The summed E-state index contributed by atoms with van der Waals surface area (Å²) in [5, 5.41) is 8.87. The van der Waals surface area contributed by atoms with Crippen LogP contribution in [0.1, 0.15) is 18.9 Å². The van der Waals surface area contributed by atoms with Crippen LogP contribution in [0.25, 0.3) is 0 Å². The van der Waals surface area contributed by atoms with E-state index in [4.69, 9.17) is 10.3 Å². The second-order valence-corrected chi connectivity index (χ2v) is 8.91. The van der Waals surface area contributed by atoms with E-state index in [-0.39, 0.29) is 4.90 Å². The van der Waals surface area contributed by atoms with E-state index in [1.165, 1.54) is 28.6 Å². The second-order valence-electron chi connectivity index (χ2n) is 6.98. The SMILES string of the molecule is CCC1CN2C=NC(N3CCN(S(=O)(=O)c4ccc(C#N)cc4)CC3)=CC2=N1. The summed E-state index contributed by atoms with van der Waals surface area (Å²) in [4.78, 5) is 13.6. The predicted molar refractivity (Wildman–Crippen MR) is 106 cm³/mol. The summed E-state index contributed by atoms with van der Waals surface area (Å²) in [5.74, 6) is 1.77. The molecule has 0 amide bonds. The van der Waals surface area contributed by atoms with Gasteiger partial charge >= 0.3 is 0 Å². The standard InChI is InChI=1S/C19H22N6O2S/c1-2-16-13-24-14-21-18(11-19(24)22-16)23-7-9-25(10-8-23)28(26,27)17-5-3-15(12-20)4-6-17/h3-6,11,14,16H,2,7-10,13H2,1H3. The highest BCUT2D eigenvalue weighted by atomic mass is 32.2. The predicted octanol–water partition coefficient (Wildman–Crippen LogP) is 1.24.